The van der Waals surface area contributed by atoms with Crippen molar-refractivity contribution in [3.05, 3.63) is 0 Å². The van der Waals surface area contributed by atoms with Crippen LogP contribution in [0.15, 0.2) is 0 Å². The Balaban J connectivity index is 2.71. The maximum atomic E-state index is 10.6. The van der Waals surface area contributed by atoms with Crippen molar-refractivity contribution in [3.63, 3.8) is 0 Å². The van der Waals surface area contributed by atoms with E-state index in [0.29, 0.717) is 6.42 Å². The largest absolute Gasteiger partial charge is 0.340 e. The molecule has 0 atom stereocenters. The van der Waals surface area contributed by atoms with E-state index in [1.165, 1.54) is 0 Å². The summed E-state index contributed by atoms with van der Waals surface area (Å²) in [5.74, 6) is -0.120. The van der Waals surface area contributed by atoms with Gasteiger partial charge in [-0.1, -0.05) is 0 Å². The van der Waals surface area contributed by atoms with Crippen LogP contribution in [0, 0.1) is 5.41 Å². The molecule has 0 aliphatic carbocycles. The molecule has 0 radical (unpaired) electrons. The first-order valence-corrected chi connectivity index (χ1v) is 2.54. The predicted octanol–water partition coefficient (Wildman–Crippen LogP) is -0.132. The van der Waals surface area contributed by atoms with Gasteiger partial charge in [0.05, 0.1) is 5.71 Å². The van der Waals surface area contributed by atoms with Crippen molar-refractivity contribution in [1.82, 2.24) is 4.90 Å². The van der Waals surface area contributed by atoms with Gasteiger partial charge in [0.25, 0.3) is 5.91 Å². The van der Waals surface area contributed by atoms with E-state index in [1.807, 2.05) is 0 Å². The lowest BCUT2D eigenvalue weighted by atomic mass is 10.3. The number of carbonyl (C=O) groups is 1. The summed E-state index contributed by atoms with van der Waals surface area (Å²) < 4.78 is 0. The molecule has 0 saturated carbocycles. The second kappa shape index (κ2) is 1.58. The summed E-state index contributed by atoms with van der Waals surface area (Å²) in [6.45, 7) is 0.720. The zero-order valence-electron chi connectivity index (χ0n) is 4.77. The summed E-state index contributed by atoms with van der Waals surface area (Å²) in [5, 5.41) is 6.99. The van der Waals surface area contributed by atoms with E-state index in [1.54, 1.807) is 11.9 Å². The molecule has 3 heteroatoms. The van der Waals surface area contributed by atoms with Gasteiger partial charge in [-0.2, -0.15) is 0 Å². The molecule has 1 fully saturated rings. The lowest BCUT2D eigenvalue weighted by molar-refractivity contribution is -0.121. The van der Waals surface area contributed by atoms with Crippen LogP contribution in [0.2, 0.25) is 0 Å². The number of nitrogens with zero attached hydrogens (tertiary/aromatic N) is 1. The van der Waals surface area contributed by atoms with E-state index in [0.717, 1.165) is 6.54 Å². The van der Waals surface area contributed by atoms with Crippen LogP contribution < -0.4 is 0 Å². The zero-order chi connectivity index (χ0) is 6.15. The first-order chi connectivity index (χ1) is 3.72. The molecule has 8 heavy (non-hydrogen) atoms. The molecule has 44 valence electrons. The Kier molecular flexibility index (Phi) is 1.04. The number of likely N-dealkylation sites (tertiary alicyclic amines) is 1. The lowest BCUT2D eigenvalue weighted by Crippen LogP contribution is -2.21. The van der Waals surface area contributed by atoms with Crippen LogP contribution in [-0.4, -0.2) is 30.1 Å². The first kappa shape index (κ1) is 5.28. The van der Waals surface area contributed by atoms with Gasteiger partial charge < -0.3 is 4.90 Å². The topological polar surface area (TPSA) is 44.2 Å². The Hall–Kier alpha value is -0.860. The minimum Gasteiger partial charge on any atom is -0.340 e. The van der Waals surface area contributed by atoms with Crippen molar-refractivity contribution in [1.29, 1.82) is 5.41 Å². The molecule has 0 spiro atoms. The molecular weight excluding hydrogens is 104 g/mol. The number of rotatable bonds is 0. The standard InChI is InChI=1S/C5H8N2O/c1-7-3-2-4(6)5(7)8/h6H,2-3H2,1H3. The number of hydrogen-bond acceptors (Lipinski definition) is 2. The van der Waals surface area contributed by atoms with Gasteiger partial charge in [0.2, 0.25) is 0 Å². The smallest absolute Gasteiger partial charge is 0.267 e. The fourth-order valence-corrected chi connectivity index (χ4v) is 0.718. The molecule has 1 aliphatic rings. The normalized spacial score (nSPS) is 20.4. The van der Waals surface area contributed by atoms with Gasteiger partial charge in [-0.3, -0.25) is 10.2 Å². The van der Waals surface area contributed by atoms with Gasteiger partial charge in [0.15, 0.2) is 0 Å². The van der Waals surface area contributed by atoms with Crippen molar-refractivity contribution in [2.45, 2.75) is 6.42 Å². The van der Waals surface area contributed by atoms with Gasteiger partial charge in [-0.25, -0.2) is 0 Å². The Morgan fingerprint density at radius 1 is 1.75 bits per heavy atom. The molecule has 1 rings (SSSR count). The second-order valence-corrected chi connectivity index (χ2v) is 1.96. The molecule has 1 N–H and O–H groups in total. The molecule has 0 aromatic rings. The van der Waals surface area contributed by atoms with Crippen molar-refractivity contribution in [2.75, 3.05) is 13.6 Å². The number of amides is 1. The summed E-state index contributed by atoms with van der Waals surface area (Å²) in [7, 11) is 1.71. The highest BCUT2D eigenvalue weighted by Gasteiger charge is 2.21. The van der Waals surface area contributed by atoms with Gasteiger partial charge in [-0.05, 0) is 0 Å². The Labute approximate surface area is 47.8 Å². The summed E-state index contributed by atoms with van der Waals surface area (Å²) in [6.07, 6.45) is 0.620. The molecule has 3 nitrogen and oxygen atoms in total. The van der Waals surface area contributed by atoms with E-state index in [4.69, 9.17) is 5.41 Å². The molecule has 1 aliphatic heterocycles. The van der Waals surface area contributed by atoms with Crippen LogP contribution in [0.25, 0.3) is 0 Å². The molecule has 1 saturated heterocycles. The average Bonchev–Trinajstić information content (AvgIpc) is 1.98. The lowest BCUT2D eigenvalue weighted by Gasteiger charge is -2.02. The van der Waals surface area contributed by atoms with Crippen LogP contribution in [0.3, 0.4) is 0 Å². The molecular formula is C5H8N2O. The van der Waals surface area contributed by atoms with Crippen molar-refractivity contribution in [3.8, 4) is 0 Å². The van der Waals surface area contributed by atoms with Crippen LogP contribution in [0.5, 0.6) is 0 Å². The molecule has 0 unspecified atom stereocenters. The quantitative estimate of drug-likeness (QED) is 0.466. The minimum atomic E-state index is -0.120. The third-order valence-electron chi connectivity index (χ3n) is 1.30. The summed E-state index contributed by atoms with van der Waals surface area (Å²) >= 11 is 0. The molecule has 0 bridgehead atoms. The van der Waals surface area contributed by atoms with E-state index in [-0.39, 0.29) is 11.6 Å². The van der Waals surface area contributed by atoms with Gasteiger partial charge in [0, 0.05) is 20.0 Å². The maximum absolute atomic E-state index is 10.6. The maximum Gasteiger partial charge on any atom is 0.267 e. The molecule has 1 heterocycles. The third-order valence-corrected chi connectivity index (χ3v) is 1.30. The van der Waals surface area contributed by atoms with E-state index in [9.17, 15) is 4.79 Å². The van der Waals surface area contributed by atoms with Gasteiger partial charge in [-0.15, -0.1) is 0 Å². The first-order valence-electron chi connectivity index (χ1n) is 2.54. The van der Waals surface area contributed by atoms with Crippen LogP contribution in [0.1, 0.15) is 6.42 Å². The van der Waals surface area contributed by atoms with Crippen molar-refractivity contribution >= 4 is 11.6 Å². The monoisotopic (exact) mass is 112 g/mol. The Morgan fingerprint density at radius 2 is 2.38 bits per heavy atom. The second-order valence-electron chi connectivity index (χ2n) is 1.96. The van der Waals surface area contributed by atoms with E-state index < -0.39 is 0 Å². The molecule has 0 aromatic heterocycles. The zero-order valence-corrected chi connectivity index (χ0v) is 4.77. The fraction of sp³-hybridized carbons (Fsp3) is 0.600. The molecule has 0 aromatic carbocycles. The minimum absolute atomic E-state index is 0.120. The predicted molar refractivity (Wildman–Crippen MR) is 30.0 cm³/mol. The Bertz CT molecular complexity index is 141. The van der Waals surface area contributed by atoms with Crippen LogP contribution in [-0.2, 0) is 4.79 Å². The number of carbonyl (C=O) groups excluding carboxylic acids is 1. The molecule has 1 amide bonds. The summed E-state index contributed by atoms with van der Waals surface area (Å²) in [6, 6.07) is 0. The number of nitrogens with one attached hydrogen (secondary N) is 1. The van der Waals surface area contributed by atoms with Crippen LogP contribution >= 0.6 is 0 Å². The SMILES string of the molecule is CN1CCC(=N)C1=O. The van der Waals surface area contributed by atoms with Crippen molar-refractivity contribution in [2.24, 2.45) is 0 Å². The third kappa shape index (κ3) is 0.598. The van der Waals surface area contributed by atoms with E-state index >= 15 is 0 Å². The number of hydrogen-bond donors (Lipinski definition) is 1. The highest BCUT2D eigenvalue weighted by Crippen LogP contribution is 2.01. The summed E-state index contributed by atoms with van der Waals surface area (Å²) in [5.41, 5.74) is 0.243. The van der Waals surface area contributed by atoms with Crippen LogP contribution in [0.4, 0.5) is 0 Å². The average molecular weight is 112 g/mol. The highest BCUT2D eigenvalue weighted by molar-refractivity contribution is 6.39. The highest BCUT2D eigenvalue weighted by atomic mass is 16.2. The van der Waals surface area contributed by atoms with Gasteiger partial charge >= 0.3 is 0 Å². The fourth-order valence-electron chi connectivity index (χ4n) is 0.718. The van der Waals surface area contributed by atoms with E-state index in [2.05, 4.69) is 0 Å². The Morgan fingerprint density at radius 3 is 2.50 bits per heavy atom. The summed E-state index contributed by atoms with van der Waals surface area (Å²) in [4.78, 5) is 12.2. The van der Waals surface area contributed by atoms with Crippen molar-refractivity contribution < 1.29 is 4.79 Å². The van der Waals surface area contributed by atoms with Gasteiger partial charge in [0.1, 0.15) is 0 Å².